The molecule has 2 fully saturated rings. The molecule has 6 rings (SSSR count). The second kappa shape index (κ2) is 7.53. The summed E-state index contributed by atoms with van der Waals surface area (Å²) in [6.45, 7) is 1.96. The number of hydrogen-bond acceptors (Lipinski definition) is 7. The average Bonchev–Trinajstić information content (AvgIpc) is 3.40. The van der Waals surface area contributed by atoms with E-state index in [1.165, 1.54) is 6.20 Å². The Balaban J connectivity index is 1.46. The maximum atomic E-state index is 12.9. The second-order valence-corrected chi connectivity index (χ2v) is 8.99. The van der Waals surface area contributed by atoms with Crippen LogP contribution in [-0.4, -0.2) is 79.4 Å². The number of amides is 1. The van der Waals surface area contributed by atoms with Gasteiger partial charge in [0.1, 0.15) is 17.0 Å². The van der Waals surface area contributed by atoms with Crippen LogP contribution < -0.4 is 10.6 Å². The van der Waals surface area contributed by atoms with Crippen LogP contribution in [0.15, 0.2) is 36.8 Å². The quantitative estimate of drug-likeness (QED) is 0.426. The van der Waals surface area contributed by atoms with Crippen molar-refractivity contribution >= 4 is 28.4 Å². The molecule has 4 aromatic rings. The predicted octanol–water partition coefficient (Wildman–Crippen LogP) is 1.53. The van der Waals surface area contributed by atoms with Gasteiger partial charge in [0.25, 0.3) is 5.91 Å². The third kappa shape index (κ3) is 3.17. The van der Waals surface area contributed by atoms with Gasteiger partial charge in [-0.3, -0.25) is 4.79 Å². The summed E-state index contributed by atoms with van der Waals surface area (Å²) in [6, 6.07) is 6.09. The molecule has 10 heteroatoms. The van der Waals surface area contributed by atoms with E-state index in [1.54, 1.807) is 4.52 Å². The molecule has 10 nitrogen and oxygen atoms in total. The van der Waals surface area contributed by atoms with Crippen LogP contribution in [0, 0.1) is 0 Å². The maximum Gasteiger partial charge on any atom is 0.257 e. The number of fused-ring (bicyclic) bond motifs is 2. The number of pyridine rings is 1. The van der Waals surface area contributed by atoms with Crippen LogP contribution in [0.3, 0.4) is 0 Å². The summed E-state index contributed by atoms with van der Waals surface area (Å²) >= 11 is 0. The normalized spacial score (nSPS) is 21.2. The molecule has 1 unspecified atom stereocenters. The Labute approximate surface area is 190 Å². The van der Waals surface area contributed by atoms with E-state index in [0.29, 0.717) is 23.7 Å². The van der Waals surface area contributed by atoms with Crippen LogP contribution in [-0.2, 0) is 0 Å². The molecule has 3 N–H and O–H groups in total. The fraction of sp³-hybridized carbons (Fsp3) is 0.391. The lowest BCUT2D eigenvalue weighted by atomic mass is 9.89. The number of anilines is 1. The summed E-state index contributed by atoms with van der Waals surface area (Å²) in [5, 5.41) is 21.3. The third-order valence-electron chi connectivity index (χ3n) is 6.83. The first-order chi connectivity index (χ1) is 16.0. The summed E-state index contributed by atoms with van der Waals surface area (Å²) in [7, 11) is 3.93. The van der Waals surface area contributed by atoms with E-state index < -0.39 is 6.10 Å². The molecule has 1 amide bonds. The molecular weight excluding hydrogens is 420 g/mol. The van der Waals surface area contributed by atoms with Crippen molar-refractivity contribution in [3.63, 3.8) is 0 Å². The molecule has 5 heterocycles. The Kier molecular flexibility index (Phi) is 4.59. The fourth-order valence-corrected chi connectivity index (χ4v) is 4.74. The highest BCUT2D eigenvalue weighted by Crippen LogP contribution is 2.34. The van der Waals surface area contributed by atoms with Crippen molar-refractivity contribution in [2.24, 2.45) is 0 Å². The number of hydrogen-bond donors (Lipinski definition) is 3. The molecule has 33 heavy (non-hydrogen) atoms. The summed E-state index contributed by atoms with van der Waals surface area (Å²) in [5.74, 6) is 0.452. The molecular formula is C23H26N8O2. The first kappa shape index (κ1) is 20.1. The Morgan fingerprint density at radius 3 is 2.79 bits per heavy atom. The fourth-order valence-electron chi connectivity index (χ4n) is 4.74. The highest BCUT2D eigenvalue weighted by molar-refractivity contribution is 6.01. The molecule has 0 bridgehead atoms. The maximum absolute atomic E-state index is 12.9. The topological polar surface area (TPSA) is 113 Å². The van der Waals surface area contributed by atoms with E-state index in [-0.39, 0.29) is 11.9 Å². The molecule has 4 aromatic heterocycles. The van der Waals surface area contributed by atoms with Gasteiger partial charge in [-0.2, -0.15) is 9.61 Å². The Morgan fingerprint density at radius 1 is 1.24 bits per heavy atom. The second-order valence-electron chi connectivity index (χ2n) is 8.99. The van der Waals surface area contributed by atoms with Gasteiger partial charge in [0, 0.05) is 49.5 Å². The molecule has 2 aliphatic rings. The number of aliphatic hydroxyl groups excluding tert-OH is 1. The molecule has 2 atom stereocenters. The number of carbonyl (C=O) groups is 1. The van der Waals surface area contributed by atoms with Gasteiger partial charge in [-0.05, 0) is 32.0 Å². The smallest absolute Gasteiger partial charge is 0.257 e. The van der Waals surface area contributed by atoms with Crippen molar-refractivity contribution in [2.75, 3.05) is 32.5 Å². The predicted molar refractivity (Wildman–Crippen MR) is 124 cm³/mol. The Hall–Kier alpha value is -3.50. The van der Waals surface area contributed by atoms with E-state index in [1.807, 2.05) is 25.4 Å². The first-order valence-corrected chi connectivity index (χ1v) is 11.2. The van der Waals surface area contributed by atoms with Gasteiger partial charge in [0.05, 0.1) is 30.1 Å². The molecule has 0 aromatic carbocycles. The molecule has 0 spiro atoms. The number of aliphatic hydroxyl groups is 1. The molecule has 1 saturated heterocycles. The van der Waals surface area contributed by atoms with Gasteiger partial charge in [0.2, 0.25) is 0 Å². The van der Waals surface area contributed by atoms with Crippen molar-refractivity contribution in [3.8, 4) is 11.3 Å². The van der Waals surface area contributed by atoms with E-state index >= 15 is 0 Å². The number of carbonyl (C=O) groups excluding carboxylic acids is 1. The van der Waals surface area contributed by atoms with E-state index in [2.05, 4.69) is 49.5 Å². The summed E-state index contributed by atoms with van der Waals surface area (Å²) in [5.41, 5.74) is 3.50. The van der Waals surface area contributed by atoms with Crippen molar-refractivity contribution in [1.82, 2.24) is 34.4 Å². The van der Waals surface area contributed by atoms with Crippen LogP contribution in [0.25, 0.3) is 27.9 Å². The Bertz CT molecular complexity index is 1370. The lowest BCUT2D eigenvalue weighted by Crippen LogP contribution is -2.50. The van der Waals surface area contributed by atoms with Crippen LogP contribution in [0.5, 0.6) is 0 Å². The standard InChI is InChI=1S/C23H26N8O2/c1-24-20-8-18(16-12-30(13-10-29(2)11-13)21-14(16)4-3-7-25-21)27-22-15(9-26-31(20)22)23(33)28-17-5-6-19(17)32/h3-4,7-9,12-13,17,19,24,32H,5-6,10-11H2,1-2H3,(H,28,33)/t17?,19-/m1/s1. The van der Waals surface area contributed by atoms with Crippen LogP contribution >= 0.6 is 0 Å². The van der Waals surface area contributed by atoms with Gasteiger partial charge < -0.3 is 25.2 Å². The number of nitrogens with one attached hydrogen (secondary N) is 2. The number of rotatable bonds is 5. The van der Waals surface area contributed by atoms with E-state index in [0.717, 1.165) is 47.6 Å². The van der Waals surface area contributed by atoms with E-state index in [4.69, 9.17) is 4.98 Å². The van der Waals surface area contributed by atoms with Gasteiger partial charge in [0.15, 0.2) is 5.65 Å². The van der Waals surface area contributed by atoms with Crippen molar-refractivity contribution < 1.29 is 9.90 Å². The summed E-state index contributed by atoms with van der Waals surface area (Å²) in [4.78, 5) is 24.7. The molecule has 1 aliphatic heterocycles. The number of likely N-dealkylation sites (N-methyl/N-ethyl adjacent to an activating group) is 1. The van der Waals surface area contributed by atoms with Crippen molar-refractivity contribution in [2.45, 2.75) is 31.0 Å². The zero-order valence-corrected chi connectivity index (χ0v) is 18.6. The lowest BCUT2D eigenvalue weighted by Gasteiger charge is -2.37. The average molecular weight is 447 g/mol. The minimum absolute atomic E-state index is 0.218. The number of nitrogens with zero attached hydrogens (tertiary/aromatic N) is 6. The van der Waals surface area contributed by atoms with Crippen molar-refractivity contribution in [1.29, 1.82) is 0 Å². The largest absolute Gasteiger partial charge is 0.391 e. The van der Waals surface area contributed by atoms with Crippen molar-refractivity contribution in [3.05, 3.63) is 42.4 Å². The summed E-state index contributed by atoms with van der Waals surface area (Å²) < 4.78 is 3.87. The van der Waals surface area contributed by atoms with Crippen LogP contribution in [0.2, 0.25) is 0 Å². The third-order valence-corrected chi connectivity index (χ3v) is 6.83. The summed E-state index contributed by atoms with van der Waals surface area (Å²) in [6.07, 6.45) is 6.46. The number of likely N-dealkylation sites (tertiary alicyclic amines) is 1. The molecule has 0 radical (unpaired) electrons. The monoisotopic (exact) mass is 446 g/mol. The van der Waals surface area contributed by atoms with Crippen LogP contribution in [0.4, 0.5) is 5.82 Å². The minimum atomic E-state index is -0.489. The SMILES string of the molecule is CNc1cc(-c2cn(C3CN(C)C3)c3ncccc23)nc2c(C(=O)NC3CC[C@H]3O)cnn12. The van der Waals surface area contributed by atoms with Gasteiger partial charge in [-0.1, -0.05) is 0 Å². The first-order valence-electron chi connectivity index (χ1n) is 11.2. The van der Waals surface area contributed by atoms with E-state index in [9.17, 15) is 9.90 Å². The van der Waals surface area contributed by atoms with Gasteiger partial charge >= 0.3 is 0 Å². The molecule has 1 aliphatic carbocycles. The number of aromatic nitrogens is 5. The highest BCUT2D eigenvalue weighted by atomic mass is 16.3. The Morgan fingerprint density at radius 2 is 2.09 bits per heavy atom. The highest BCUT2D eigenvalue weighted by Gasteiger charge is 2.32. The molecule has 1 saturated carbocycles. The zero-order valence-electron chi connectivity index (χ0n) is 18.6. The van der Waals surface area contributed by atoms with Gasteiger partial charge in [-0.25, -0.2) is 9.97 Å². The minimum Gasteiger partial charge on any atom is -0.391 e. The molecule has 170 valence electrons. The van der Waals surface area contributed by atoms with Crippen LogP contribution in [0.1, 0.15) is 29.2 Å². The lowest BCUT2D eigenvalue weighted by molar-refractivity contribution is 0.0448. The van der Waals surface area contributed by atoms with Gasteiger partial charge in [-0.15, -0.1) is 0 Å². The zero-order chi connectivity index (χ0) is 22.7.